The van der Waals surface area contributed by atoms with Crippen LogP contribution in [0.5, 0.6) is 0 Å². The molecule has 0 aliphatic heterocycles. The fraction of sp³-hybridized carbons (Fsp3) is 0.294. The first-order valence-electron chi connectivity index (χ1n) is 6.76. The molecule has 1 atom stereocenters. The summed E-state index contributed by atoms with van der Waals surface area (Å²) in [6.07, 6.45) is 1.11. The van der Waals surface area contributed by atoms with Crippen molar-refractivity contribution in [3.05, 3.63) is 65.2 Å². The van der Waals surface area contributed by atoms with Crippen LogP contribution in [0.1, 0.15) is 36.6 Å². The molecule has 0 radical (unpaired) electrons. The molecular formula is C17H22N2. The number of benzene rings is 2. The van der Waals surface area contributed by atoms with Gasteiger partial charge in [0.2, 0.25) is 0 Å². The topological polar surface area (TPSA) is 52.0 Å². The summed E-state index contributed by atoms with van der Waals surface area (Å²) in [5.41, 5.74) is 16.3. The lowest BCUT2D eigenvalue weighted by Gasteiger charge is -2.14. The van der Waals surface area contributed by atoms with Gasteiger partial charge in [-0.15, -0.1) is 0 Å². The van der Waals surface area contributed by atoms with Gasteiger partial charge in [0, 0.05) is 5.69 Å². The maximum absolute atomic E-state index is 6.28. The van der Waals surface area contributed by atoms with E-state index in [9.17, 15) is 0 Å². The molecule has 0 aliphatic rings. The van der Waals surface area contributed by atoms with Crippen LogP contribution in [-0.4, -0.2) is 0 Å². The first-order chi connectivity index (χ1) is 9.06. The van der Waals surface area contributed by atoms with Crippen LogP contribution < -0.4 is 11.5 Å². The van der Waals surface area contributed by atoms with E-state index in [1.807, 2.05) is 24.3 Å². The summed E-state index contributed by atoms with van der Waals surface area (Å²) < 4.78 is 0. The Labute approximate surface area is 115 Å². The summed E-state index contributed by atoms with van der Waals surface area (Å²) in [6.45, 7) is 4.46. The Bertz CT molecular complexity index is 512. The molecule has 2 heteroatoms. The number of hydrogen-bond acceptors (Lipinski definition) is 2. The SMILES string of the molecule is CC(C)Cc1ccc(C(N)c2ccc(N)cc2)cc1. The predicted octanol–water partition coefficient (Wildman–Crippen LogP) is 3.52. The molecule has 0 aliphatic carbocycles. The van der Waals surface area contributed by atoms with E-state index in [1.54, 1.807) is 0 Å². The van der Waals surface area contributed by atoms with Gasteiger partial charge in [0.1, 0.15) is 0 Å². The summed E-state index contributed by atoms with van der Waals surface area (Å²) in [5, 5.41) is 0. The molecule has 2 nitrogen and oxygen atoms in total. The van der Waals surface area contributed by atoms with Gasteiger partial charge in [0.15, 0.2) is 0 Å². The van der Waals surface area contributed by atoms with Gasteiger partial charge in [0.25, 0.3) is 0 Å². The Morgan fingerprint density at radius 3 is 1.79 bits per heavy atom. The fourth-order valence-corrected chi connectivity index (χ4v) is 2.23. The normalized spacial score (nSPS) is 12.6. The molecule has 2 rings (SSSR count). The zero-order valence-electron chi connectivity index (χ0n) is 11.6. The second-order valence-electron chi connectivity index (χ2n) is 5.48. The first-order valence-corrected chi connectivity index (χ1v) is 6.76. The molecule has 0 fully saturated rings. The molecule has 0 aromatic heterocycles. The smallest absolute Gasteiger partial charge is 0.0551 e. The molecule has 2 aromatic carbocycles. The van der Waals surface area contributed by atoms with Gasteiger partial charge in [-0.05, 0) is 41.2 Å². The molecule has 2 aromatic rings. The minimum Gasteiger partial charge on any atom is -0.399 e. The highest BCUT2D eigenvalue weighted by molar-refractivity contribution is 5.42. The van der Waals surface area contributed by atoms with E-state index in [0.717, 1.165) is 23.2 Å². The molecule has 4 N–H and O–H groups in total. The van der Waals surface area contributed by atoms with E-state index < -0.39 is 0 Å². The number of nitrogen functional groups attached to an aromatic ring is 1. The standard InChI is InChI=1S/C17H22N2/c1-12(2)11-13-3-5-14(6-4-13)17(19)15-7-9-16(18)10-8-15/h3-10,12,17H,11,18-19H2,1-2H3. The average molecular weight is 254 g/mol. The van der Waals surface area contributed by atoms with Gasteiger partial charge in [0.05, 0.1) is 6.04 Å². The Morgan fingerprint density at radius 2 is 1.32 bits per heavy atom. The van der Waals surface area contributed by atoms with Gasteiger partial charge >= 0.3 is 0 Å². The van der Waals surface area contributed by atoms with Gasteiger partial charge in [-0.1, -0.05) is 50.2 Å². The summed E-state index contributed by atoms with van der Waals surface area (Å²) in [6, 6.07) is 16.3. The molecule has 0 amide bonds. The minimum absolute atomic E-state index is 0.0892. The van der Waals surface area contributed by atoms with E-state index in [-0.39, 0.29) is 6.04 Å². The van der Waals surface area contributed by atoms with E-state index >= 15 is 0 Å². The maximum atomic E-state index is 6.28. The molecule has 0 bridgehead atoms. The van der Waals surface area contributed by atoms with Crippen molar-refractivity contribution in [1.29, 1.82) is 0 Å². The highest BCUT2D eigenvalue weighted by atomic mass is 14.6. The average Bonchev–Trinajstić information content (AvgIpc) is 2.39. The van der Waals surface area contributed by atoms with E-state index in [1.165, 1.54) is 5.56 Å². The lowest BCUT2D eigenvalue weighted by molar-refractivity contribution is 0.647. The van der Waals surface area contributed by atoms with Crippen LogP contribution >= 0.6 is 0 Å². The largest absolute Gasteiger partial charge is 0.399 e. The van der Waals surface area contributed by atoms with Crippen molar-refractivity contribution in [3.63, 3.8) is 0 Å². The number of rotatable bonds is 4. The third kappa shape index (κ3) is 3.58. The van der Waals surface area contributed by atoms with Gasteiger partial charge < -0.3 is 11.5 Å². The highest BCUT2D eigenvalue weighted by Crippen LogP contribution is 2.21. The summed E-state index contributed by atoms with van der Waals surface area (Å²) >= 11 is 0. The molecule has 1 unspecified atom stereocenters. The Hall–Kier alpha value is -1.80. The van der Waals surface area contributed by atoms with E-state index in [4.69, 9.17) is 11.5 Å². The lowest BCUT2D eigenvalue weighted by Crippen LogP contribution is -2.11. The zero-order chi connectivity index (χ0) is 13.8. The Morgan fingerprint density at radius 1 is 0.842 bits per heavy atom. The quantitative estimate of drug-likeness (QED) is 0.820. The van der Waals surface area contributed by atoms with Crippen LogP contribution in [0.15, 0.2) is 48.5 Å². The van der Waals surface area contributed by atoms with Crippen molar-refractivity contribution in [3.8, 4) is 0 Å². The van der Waals surface area contributed by atoms with E-state index in [2.05, 4.69) is 38.1 Å². The predicted molar refractivity (Wildman–Crippen MR) is 81.9 cm³/mol. The molecule has 19 heavy (non-hydrogen) atoms. The number of hydrogen-bond donors (Lipinski definition) is 2. The minimum atomic E-state index is -0.0892. The molecule has 100 valence electrons. The summed E-state index contributed by atoms with van der Waals surface area (Å²) in [5.74, 6) is 0.677. The van der Waals surface area contributed by atoms with Crippen molar-refractivity contribution in [2.24, 2.45) is 11.7 Å². The van der Waals surface area contributed by atoms with Gasteiger partial charge in [-0.3, -0.25) is 0 Å². The van der Waals surface area contributed by atoms with Crippen molar-refractivity contribution >= 4 is 5.69 Å². The molecule has 0 saturated carbocycles. The highest BCUT2D eigenvalue weighted by Gasteiger charge is 2.08. The fourth-order valence-electron chi connectivity index (χ4n) is 2.23. The third-order valence-electron chi connectivity index (χ3n) is 3.28. The van der Waals surface area contributed by atoms with E-state index in [0.29, 0.717) is 5.92 Å². The molecular weight excluding hydrogens is 232 g/mol. The second kappa shape index (κ2) is 5.89. The molecule has 0 spiro atoms. The number of nitrogens with two attached hydrogens (primary N) is 2. The van der Waals surface area contributed by atoms with Gasteiger partial charge in [-0.25, -0.2) is 0 Å². The summed E-state index contributed by atoms with van der Waals surface area (Å²) in [7, 11) is 0. The first kappa shape index (κ1) is 13.6. The molecule has 0 heterocycles. The van der Waals surface area contributed by atoms with Crippen molar-refractivity contribution in [2.45, 2.75) is 26.3 Å². The van der Waals surface area contributed by atoms with Crippen LogP contribution in [0.3, 0.4) is 0 Å². The van der Waals surface area contributed by atoms with Crippen LogP contribution in [0.25, 0.3) is 0 Å². The second-order valence-corrected chi connectivity index (χ2v) is 5.48. The maximum Gasteiger partial charge on any atom is 0.0551 e. The van der Waals surface area contributed by atoms with Crippen LogP contribution in [0, 0.1) is 5.92 Å². The Balaban J connectivity index is 2.15. The number of anilines is 1. The van der Waals surface area contributed by atoms with Gasteiger partial charge in [-0.2, -0.15) is 0 Å². The Kier molecular flexibility index (Phi) is 4.23. The van der Waals surface area contributed by atoms with Crippen LogP contribution in [0.2, 0.25) is 0 Å². The van der Waals surface area contributed by atoms with Crippen LogP contribution in [-0.2, 0) is 6.42 Å². The lowest BCUT2D eigenvalue weighted by atomic mass is 9.96. The van der Waals surface area contributed by atoms with Crippen molar-refractivity contribution in [1.82, 2.24) is 0 Å². The summed E-state index contributed by atoms with van der Waals surface area (Å²) in [4.78, 5) is 0. The van der Waals surface area contributed by atoms with Crippen molar-refractivity contribution < 1.29 is 0 Å². The van der Waals surface area contributed by atoms with Crippen molar-refractivity contribution in [2.75, 3.05) is 5.73 Å². The zero-order valence-corrected chi connectivity index (χ0v) is 11.6. The molecule has 0 saturated heterocycles. The monoisotopic (exact) mass is 254 g/mol. The third-order valence-corrected chi connectivity index (χ3v) is 3.28. The van der Waals surface area contributed by atoms with Crippen LogP contribution in [0.4, 0.5) is 5.69 Å².